The fourth-order valence-electron chi connectivity index (χ4n) is 3.23. The molecule has 2 atom stereocenters. The summed E-state index contributed by atoms with van der Waals surface area (Å²) in [6.07, 6.45) is 10.9. The number of benzene rings is 2. The molecule has 4 rings (SSSR count). The van der Waals surface area contributed by atoms with Crippen LogP contribution < -0.4 is 0 Å². The molecule has 2 aromatic heterocycles. The van der Waals surface area contributed by atoms with Crippen molar-refractivity contribution in [3.8, 4) is 0 Å². The van der Waals surface area contributed by atoms with Gasteiger partial charge in [-0.2, -0.15) is 0 Å². The average molecular weight is 390 g/mol. The summed E-state index contributed by atoms with van der Waals surface area (Å²) in [5, 5.41) is 0. The molecule has 0 amide bonds. The van der Waals surface area contributed by atoms with Crippen LogP contribution >= 0.6 is 0 Å². The fourth-order valence-corrected chi connectivity index (χ4v) is 3.23. The molecule has 0 bridgehead atoms. The van der Waals surface area contributed by atoms with Crippen molar-refractivity contribution >= 4 is 12.4 Å². The molecule has 2 aromatic carbocycles. The monoisotopic (exact) mass is 390 g/mol. The van der Waals surface area contributed by atoms with E-state index in [4.69, 9.17) is 9.98 Å². The van der Waals surface area contributed by atoms with Crippen LogP contribution in [0.2, 0.25) is 0 Å². The van der Waals surface area contributed by atoms with Crippen LogP contribution in [0, 0.1) is 0 Å². The van der Waals surface area contributed by atoms with Gasteiger partial charge in [-0.3, -0.25) is 20.0 Å². The lowest BCUT2D eigenvalue weighted by atomic mass is 9.94. The first kappa shape index (κ1) is 19.4. The van der Waals surface area contributed by atoms with Crippen molar-refractivity contribution in [2.24, 2.45) is 9.98 Å². The summed E-state index contributed by atoms with van der Waals surface area (Å²) in [5.74, 6) is 0. The second kappa shape index (κ2) is 10.0. The number of aliphatic imine (C=N–C) groups is 2. The first-order chi connectivity index (χ1) is 14.9. The Morgan fingerprint density at radius 3 is 1.23 bits per heavy atom. The second-order valence-electron chi connectivity index (χ2n) is 6.83. The average Bonchev–Trinajstić information content (AvgIpc) is 2.83. The third kappa shape index (κ3) is 5.11. The zero-order chi connectivity index (χ0) is 20.4. The van der Waals surface area contributed by atoms with Crippen LogP contribution in [0.1, 0.15) is 34.3 Å². The summed E-state index contributed by atoms with van der Waals surface area (Å²) < 4.78 is 0. The molecule has 30 heavy (non-hydrogen) atoms. The van der Waals surface area contributed by atoms with Crippen LogP contribution in [0.5, 0.6) is 0 Å². The van der Waals surface area contributed by atoms with Gasteiger partial charge in [-0.25, -0.2) is 0 Å². The van der Waals surface area contributed by atoms with E-state index in [2.05, 4.69) is 34.2 Å². The topological polar surface area (TPSA) is 50.5 Å². The summed E-state index contributed by atoms with van der Waals surface area (Å²) in [4.78, 5) is 18.1. The van der Waals surface area contributed by atoms with E-state index in [1.165, 1.54) is 0 Å². The van der Waals surface area contributed by atoms with Crippen molar-refractivity contribution in [3.63, 3.8) is 0 Å². The molecule has 0 spiro atoms. The maximum absolute atomic E-state index is 4.97. The Hall–Kier alpha value is -3.92. The van der Waals surface area contributed by atoms with Gasteiger partial charge in [0.15, 0.2) is 0 Å². The molecule has 4 aromatic rings. The van der Waals surface area contributed by atoms with Crippen molar-refractivity contribution in [1.82, 2.24) is 9.97 Å². The smallest absolute Gasteiger partial charge is 0.101 e. The standard InChI is InChI=1S/C26H22N4/c1-3-7-23(8-4-1)25(29-19-21-11-15-27-16-12-21)26(24-9-5-2-6-10-24)30-20-22-13-17-28-18-14-22/h1-20,25-26H. The third-order valence-corrected chi connectivity index (χ3v) is 4.76. The van der Waals surface area contributed by atoms with Crippen LogP contribution in [-0.4, -0.2) is 22.4 Å². The molecule has 0 saturated heterocycles. The predicted octanol–water partition coefficient (Wildman–Crippen LogP) is 5.50. The van der Waals surface area contributed by atoms with Crippen LogP contribution in [-0.2, 0) is 0 Å². The Morgan fingerprint density at radius 1 is 0.500 bits per heavy atom. The Kier molecular flexibility index (Phi) is 6.48. The Morgan fingerprint density at radius 2 is 0.867 bits per heavy atom. The molecule has 0 fully saturated rings. The minimum absolute atomic E-state index is 0.167. The quantitative estimate of drug-likeness (QED) is 0.391. The molecule has 0 saturated carbocycles. The van der Waals surface area contributed by atoms with Gasteiger partial charge < -0.3 is 0 Å². The lowest BCUT2D eigenvalue weighted by Crippen LogP contribution is -2.09. The first-order valence-electron chi connectivity index (χ1n) is 9.86. The van der Waals surface area contributed by atoms with Crippen LogP contribution in [0.3, 0.4) is 0 Å². The van der Waals surface area contributed by atoms with Gasteiger partial charge >= 0.3 is 0 Å². The minimum atomic E-state index is -0.167. The highest BCUT2D eigenvalue weighted by molar-refractivity contribution is 5.80. The molecule has 0 radical (unpaired) electrons. The molecule has 4 nitrogen and oxygen atoms in total. The Labute approximate surface area is 176 Å². The number of nitrogens with zero attached hydrogens (tertiary/aromatic N) is 4. The summed E-state index contributed by atoms with van der Waals surface area (Å²) in [5.41, 5.74) is 4.25. The summed E-state index contributed by atoms with van der Waals surface area (Å²) in [6, 6.07) is 28.1. The normalized spacial score (nSPS) is 13.5. The van der Waals surface area contributed by atoms with Gasteiger partial charge in [0.25, 0.3) is 0 Å². The molecule has 4 heteroatoms. The Balaban J connectivity index is 1.76. The molecule has 0 N–H and O–H groups in total. The molecule has 2 unspecified atom stereocenters. The number of hydrogen-bond acceptors (Lipinski definition) is 4. The first-order valence-corrected chi connectivity index (χ1v) is 9.86. The second-order valence-corrected chi connectivity index (χ2v) is 6.83. The van der Waals surface area contributed by atoms with Crippen LogP contribution in [0.25, 0.3) is 0 Å². The van der Waals surface area contributed by atoms with Gasteiger partial charge in [0.1, 0.15) is 12.1 Å². The fraction of sp³-hybridized carbons (Fsp3) is 0.0769. The van der Waals surface area contributed by atoms with E-state index in [1.807, 2.05) is 73.1 Å². The number of pyridine rings is 2. The molecule has 2 heterocycles. The summed E-state index contributed by atoms with van der Waals surface area (Å²) >= 11 is 0. The van der Waals surface area contributed by atoms with E-state index in [-0.39, 0.29) is 12.1 Å². The van der Waals surface area contributed by atoms with Crippen molar-refractivity contribution in [1.29, 1.82) is 0 Å². The SMILES string of the molecule is C(=NC(c1ccccc1)C(N=Cc1ccncc1)c1ccccc1)c1ccncc1. The summed E-state index contributed by atoms with van der Waals surface area (Å²) in [7, 11) is 0. The van der Waals surface area contributed by atoms with E-state index < -0.39 is 0 Å². The van der Waals surface area contributed by atoms with Crippen LogP contribution in [0.15, 0.2) is 120 Å². The highest BCUT2D eigenvalue weighted by atomic mass is 14.9. The minimum Gasteiger partial charge on any atom is -0.282 e. The largest absolute Gasteiger partial charge is 0.282 e. The van der Waals surface area contributed by atoms with Gasteiger partial charge in [0.05, 0.1) is 0 Å². The van der Waals surface area contributed by atoms with Gasteiger partial charge in [-0.15, -0.1) is 0 Å². The molecule has 0 aliphatic carbocycles. The molecule has 146 valence electrons. The predicted molar refractivity (Wildman–Crippen MR) is 122 cm³/mol. The lowest BCUT2D eigenvalue weighted by molar-refractivity contribution is 0.583. The van der Waals surface area contributed by atoms with E-state index in [1.54, 1.807) is 24.8 Å². The highest BCUT2D eigenvalue weighted by Gasteiger charge is 2.23. The van der Waals surface area contributed by atoms with E-state index in [0.29, 0.717) is 0 Å². The van der Waals surface area contributed by atoms with E-state index >= 15 is 0 Å². The van der Waals surface area contributed by atoms with Crippen molar-refractivity contribution in [2.75, 3.05) is 0 Å². The number of hydrogen-bond donors (Lipinski definition) is 0. The molecule has 0 aliphatic heterocycles. The summed E-state index contributed by atoms with van der Waals surface area (Å²) in [6.45, 7) is 0. The van der Waals surface area contributed by atoms with Crippen molar-refractivity contribution in [3.05, 3.63) is 132 Å². The third-order valence-electron chi connectivity index (χ3n) is 4.76. The van der Waals surface area contributed by atoms with Gasteiger partial charge in [-0.1, -0.05) is 60.7 Å². The Bertz CT molecular complexity index is 988. The van der Waals surface area contributed by atoms with Crippen molar-refractivity contribution < 1.29 is 0 Å². The van der Waals surface area contributed by atoms with Gasteiger partial charge in [0.2, 0.25) is 0 Å². The van der Waals surface area contributed by atoms with E-state index in [9.17, 15) is 0 Å². The van der Waals surface area contributed by atoms with Gasteiger partial charge in [0, 0.05) is 37.2 Å². The van der Waals surface area contributed by atoms with Crippen LogP contribution in [0.4, 0.5) is 0 Å². The van der Waals surface area contributed by atoms with Gasteiger partial charge in [-0.05, 0) is 46.5 Å². The maximum atomic E-state index is 4.97. The lowest BCUT2D eigenvalue weighted by Gasteiger charge is -2.22. The molecular weight excluding hydrogens is 368 g/mol. The van der Waals surface area contributed by atoms with E-state index in [0.717, 1.165) is 22.3 Å². The zero-order valence-electron chi connectivity index (χ0n) is 16.5. The number of aromatic nitrogens is 2. The molecule has 0 aliphatic rings. The highest BCUT2D eigenvalue weighted by Crippen LogP contribution is 2.35. The number of rotatable bonds is 7. The van der Waals surface area contributed by atoms with Crippen molar-refractivity contribution in [2.45, 2.75) is 12.1 Å². The maximum Gasteiger partial charge on any atom is 0.101 e. The molecular formula is C26H22N4. The zero-order valence-corrected chi connectivity index (χ0v) is 16.5.